The Kier molecular flexibility index (Phi) is 3.85. The van der Waals surface area contributed by atoms with Crippen molar-refractivity contribution in [3.63, 3.8) is 0 Å². The summed E-state index contributed by atoms with van der Waals surface area (Å²) >= 11 is 4.20. The topological polar surface area (TPSA) is 0 Å². The first-order valence-corrected chi connectivity index (χ1v) is 7.49. The quantitative estimate of drug-likeness (QED) is 0.602. The highest BCUT2D eigenvalue weighted by Gasteiger charge is 2.22. The van der Waals surface area contributed by atoms with Crippen LogP contribution in [0.3, 0.4) is 0 Å². The number of hydrogen-bond acceptors (Lipinski definition) is 2. The van der Waals surface area contributed by atoms with Gasteiger partial charge in [-0.15, -0.1) is 11.7 Å². The molecule has 0 N–H and O–H groups in total. The summed E-state index contributed by atoms with van der Waals surface area (Å²) in [5.74, 6) is 0. The average Bonchev–Trinajstić information content (AvgIpc) is 2.40. The van der Waals surface area contributed by atoms with E-state index < -0.39 is 0 Å². The molecule has 0 aliphatic heterocycles. The van der Waals surface area contributed by atoms with Crippen molar-refractivity contribution in [1.82, 2.24) is 0 Å². The summed E-state index contributed by atoms with van der Waals surface area (Å²) in [6.45, 7) is 4.51. The van der Waals surface area contributed by atoms with E-state index in [1.165, 1.54) is 26.8 Å². The number of benzene rings is 2. The van der Waals surface area contributed by atoms with Gasteiger partial charge < -0.3 is 0 Å². The molecule has 2 aromatic rings. The van der Waals surface area contributed by atoms with E-state index in [0.717, 1.165) is 0 Å². The first-order valence-electron chi connectivity index (χ1n) is 5.62. The molecule has 0 bridgehead atoms. The van der Waals surface area contributed by atoms with Crippen molar-refractivity contribution in [2.75, 3.05) is 0 Å². The summed E-state index contributed by atoms with van der Waals surface area (Å²) in [5, 5.41) is 0. The number of thiol groups is 1. The van der Waals surface area contributed by atoms with Gasteiger partial charge >= 0.3 is 0 Å². The third-order valence-corrected chi connectivity index (χ3v) is 4.29. The molecule has 0 aromatic heterocycles. The minimum Gasteiger partial charge on any atom is -0.106 e. The zero-order valence-corrected chi connectivity index (χ0v) is 11.8. The molecule has 0 spiro atoms. The molecule has 0 aliphatic carbocycles. The zero-order valence-electron chi connectivity index (χ0n) is 10.1. The molecule has 2 heteroatoms. The molecule has 17 heavy (non-hydrogen) atoms. The van der Waals surface area contributed by atoms with E-state index >= 15 is 0 Å². The zero-order chi connectivity index (χ0) is 12.3. The Morgan fingerprint density at radius 1 is 0.824 bits per heavy atom. The molecule has 0 saturated heterocycles. The Morgan fingerprint density at radius 2 is 1.35 bits per heavy atom. The molecule has 0 unspecified atom stereocenters. The third-order valence-electron chi connectivity index (χ3n) is 3.18. The van der Waals surface area contributed by atoms with E-state index in [0.29, 0.717) is 0 Å². The van der Waals surface area contributed by atoms with Crippen molar-refractivity contribution < 1.29 is 0 Å². The summed E-state index contributed by atoms with van der Waals surface area (Å²) in [6.07, 6.45) is 0. The van der Waals surface area contributed by atoms with Gasteiger partial charge in [-0.05, 0) is 23.3 Å². The summed E-state index contributed by atoms with van der Waals surface area (Å²) < 4.78 is 0. The highest BCUT2D eigenvalue weighted by Crippen LogP contribution is 2.32. The molecule has 0 heterocycles. The van der Waals surface area contributed by atoms with E-state index in [1.807, 2.05) is 0 Å². The molecule has 0 atom stereocenters. The normalized spacial score (nSPS) is 11.5. The molecule has 2 rings (SSSR count). The van der Waals surface area contributed by atoms with E-state index in [-0.39, 0.29) is 5.41 Å². The van der Waals surface area contributed by atoms with Gasteiger partial charge in [0, 0.05) is 10.3 Å². The molecule has 0 aliphatic rings. The van der Waals surface area contributed by atoms with Crippen molar-refractivity contribution in [3.8, 4) is 0 Å². The lowest BCUT2D eigenvalue weighted by Crippen LogP contribution is -2.18. The van der Waals surface area contributed by atoms with Gasteiger partial charge in [-0.1, -0.05) is 67.1 Å². The monoisotopic (exact) mass is 260 g/mol. The SMILES string of the molecule is CC(C)(c1ccccc1)c1ccc(SS)cc1. The van der Waals surface area contributed by atoms with Crippen molar-refractivity contribution in [2.24, 2.45) is 0 Å². The second-order valence-corrected chi connectivity index (χ2v) is 5.81. The summed E-state index contributed by atoms with van der Waals surface area (Å²) in [5.41, 5.74) is 2.71. The lowest BCUT2D eigenvalue weighted by molar-refractivity contribution is 0.640. The molecule has 0 nitrogen and oxygen atoms in total. The fourth-order valence-electron chi connectivity index (χ4n) is 1.95. The highest BCUT2D eigenvalue weighted by molar-refractivity contribution is 8.68. The Bertz CT molecular complexity index is 472. The summed E-state index contributed by atoms with van der Waals surface area (Å²) in [6, 6.07) is 19.2. The molecule has 2 aromatic carbocycles. The van der Waals surface area contributed by atoms with Gasteiger partial charge in [0.05, 0.1) is 0 Å². The molecule has 88 valence electrons. The lowest BCUT2D eigenvalue weighted by atomic mass is 9.78. The van der Waals surface area contributed by atoms with Crippen molar-refractivity contribution in [2.45, 2.75) is 24.2 Å². The maximum atomic E-state index is 4.20. The van der Waals surface area contributed by atoms with Crippen molar-refractivity contribution in [3.05, 3.63) is 65.7 Å². The van der Waals surface area contributed by atoms with Crippen LogP contribution < -0.4 is 0 Å². The average molecular weight is 260 g/mol. The van der Waals surface area contributed by atoms with Crippen LogP contribution in [0.2, 0.25) is 0 Å². The number of hydrogen-bond donors (Lipinski definition) is 1. The van der Waals surface area contributed by atoms with E-state index in [4.69, 9.17) is 0 Å². The third kappa shape index (κ3) is 2.70. The minimum absolute atomic E-state index is 0.0427. The van der Waals surface area contributed by atoms with Crippen LogP contribution >= 0.6 is 22.5 Å². The standard InChI is InChI=1S/C15H16S2/c1-15(2,12-6-4-3-5-7-12)13-8-10-14(17-16)11-9-13/h3-11,16H,1-2H3. The Morgan fingerprint density at radius 3 is 1.88 bits per heavy atom. The maximum absolute atomic E-state index is 4.20. The maximum Gasteiger partial charge on any atom is 0.0180 e. The van der Waals surface area contributed by atoms with Gasteiger partial charge in [-0.25, -0.2) is 0 Å². The fraction of sp³-hybridized carbons (Fsp3) is 0.200. The predicted molar refractivity (Wildman–Crippen MR) is 79.9 cm³/mol. The minimum atomic E-state index is 0.0427. The van der Waals surface area contributed by atoms with Gasteiger partial charge in [0.2, 0.25) is 0 Å². The Balaban J connectivity index is 2.37. The molecule has 0 amide bonds. The van der Waals surface area contributed by atoms with Crippen LogP contribution in [0.15, 0.2) is 59.5 Å². The summed E-state index contributed by atoms with van der Waals surface area (Å²) in [7, 11) is 1.48. The fourth-order valence-corrected chi connectivity index (χ4v) is 2.58. The molecule has 0 saturated carbocycles. The van der Waals surface area contributed by atoms with Gasteiger partial charge in [-0.2, -0.15) is 0 Å². The predicted octanol–water partition coefficient (Wildman–Crippen LogP) is 4.95. The largest absolute Gasteiger partial charge is 0.106 e. The van der Waals surface area contributed by atoms with Crippen LogP contribution in [-0.4, -0.2) is 0 Å². The van der Waals surface area contributed by atoms with Crippen LogP contribution in [0.5, 0.6) is 0 Å². The number of rotatable bonds is 3. The van der Waals surface area contributed by atoms with E-state index in [2.05, 4.69) is 80.1 Å². The van der Waals surface area contributed by atoms with Gasteiger partial charge in [0.15, 0.2) is 0 Å². The lowest BCUT2D eigenvalue weighted by Gasteiger charge is -2.26. The highest BCUT2D eigenvalue weighted by atomic mass is 33.1. The van der Waals surface area contributed by atoms with Crippen LogP contribution in [0.4, 0.5) is 0 Å². The van der Waals surface area contributed by atoms with Crippen molar-refractivity contribution >= 4 is 22.5 Å². The molecule has 0 fully saturated rings. The van der Waals surface area contributed by atoms with Crippen LogP contribution in [-0.2, 0) is 5.41 Å². The first-order chi connectivity index (χ1) is 8.14. The van der Waals surface area contributed by atoms with Gasteiger partial charge in [0.25, 0.3) is 0 Å². The van der Waals surface area contributed by atoms with Gasteiger partial charge in [0.1, 0.15) is 0 Å². The second kappa shape index (κ2) is 5.19. The van der Waals surface area contributed by atoms with E-state index in [1.54, 1.807) is 0 Å². The smallest absolute Gasteiger partial charge is 0.0180 e. The van der Waals surface area contributed by atoms with Gasteiger partial charge in [-0.3, -0.25) is 0 Å². The second-order valence-electron chi connectivity index (χ2n) is 4.61. The van der Waals surface area contributed by atoms with Crippen LogP contribution in [0.25, 0.3) is 0 Å². The Hall–Kier alpha value is -0.860. The first kappa shape index (κ1) is 12.6. The van der Waals surface area contributed by atoms with Crippen molar-refractivity contribution in [1.29, 1.82) is 0 Å². The molecular weight excluding hydrogens is 244 g/mol. The molecular formula is C15H16S2. The Labute approximate surface area is 112 Å². The van der Waals surface area contributed by atoms with E-state index in [9.17, 15) is 0 Å². The van der Waals surface area contributed by atoms with Crippen LogP contribution in [0, 0.1) is 0 Å². The molecule has 0 radical (unpaired) electrons. The van der Waals surface area contributed by atoms with Crippen LogP contribution in [0.1, 0.15) is 25.0 Å². The summed E-state index contributed by atoms with van der Waals surface area (Å²) in [4.78, 5) is 1.18.